The minimum Gasteiger partial charge on any atom is -0.497 e. The van der Waals surface area contributed by atoms with Gasteiger partial charge < -0.3 is 14.1 Å². The molecule has 0 bridgehead atoms. The van der Waals surface area contributed by atoms with Crippen LogP contribution in [0, 0.1) is 0 Å². The molecule has 0 aliphatic carbocycles. The van der Waals surface area contributed by atoms with Gasteiger partial charge in [-0.25, -0.2) is 4.98 Å². The van der Waals surface area contributed by atoms with Crippen molar-refractivity contribution in [3.05, 3.63) is 53.3 Å². The number of aromatic nitrogens is 1. The van der Waals surface area contributed by atoms with E-state index in [9.17, 15) is 19.2 Å². The summed E-state index contributed by atoms with van der Waals surface area (Å²) in [7, 11) is 1.53. The summed E-state index contributed by atoms with van der Waals surface area (Å²) in [5, 5.41) is 2.38. The van der Waals surface area contributed by atoms with Crippen molar-refractivity contribution in [2.75, 3.05) is 25.1 Å². The Hall–Kier alpha value is -4.21. The number of carbonyl (C=O) groups excluding carboxylic acids is 4. The zero-order valence-electron chi connectivity index (χ0n) is 19.7. The van der Waals surface area contributed by atoms with Crippen molar-refractivity contribution in [2.45, 2.75) is 37.6 Å². The maximum atomic E-state index is 13.2. The SMILES string of the molecule is COc1ccc2c(c1)C(=O)N(C[C@@]1(c3cc4nc(N5CCCCC5=O)ccc4o3)CC(=O)NC1=O)C2. The van der Waals surface area contributed by atoms with Gasteiger partial charge in [-0.05, 0) is 42.7 Å². The summed E-state index contributed by atoms with van der Waals surface area (Å²) in [6.07, 6.45) is 2.11. The van der Waals surface area contributed by atoms with Crippen LogP contribution in [0.4, 0.5) is 5.82 Å². The molecule has 184 valence electrons. The van der Waals surface area contributed by atoms with Crippen LogP contribution in [0.2, 0.25) is 0 Å². The van der Waals surface area contributed by atoms with Gasteiger partial charge in [-0.15, -0.1) is 0 Å². The number of pyridine rings is 1. The Labute approximate surface area is 206 Å². The zero-order valence-corrected chi connectivity index (χ0v) is 19.7. The number of hydrogen-bond acceptors (Lipinski definition) is 7. The summed E-state index contributed by atoms with van der Waals surface area (Å²) >= 11 is 0. The quantitative estimate of drug-likeness (QED) is 0.547. The van der Waals surface area contributed by atoms with E-state index >= 15 is 0 Å². The Morgan fingerprint density at radius 2 is 1.97 bits per heavy atom. The number of carbonyl (C=O) groups is 4. The molecule has 1 aromatic carbocycles. The number of methoxy groups -OCH3 is 1. The fourth-order valence-corrected chi connectivity index (χ4v) is 5.32. The number of amides is 4. The highest BCUT2D eigenvalue weighted by Gasteiger charge is 2.53. The molecule has 2 fully saturated rings. The maximum Gasteiger partial charge on any atom is 0.254 e. The second-order valence-electron chi connectivity index (χ2n) is 9.49. The smallest absolute Gasteiger partial charge is 0.254 e. The van der Waals surface area contributed by atoms with Crippen molar-refractivity contribution in [1.29, 1.82) is 0 Å². The van der Waals surface area contributed by atoms with Gasteiger partial charge in [0.1, 0.15) is 28.3 Å². The first-order chi connectivity index (χ1) is 17.4. The molecule has 4 amide bonds. The number of nitrogens with zero attached hydrogens (tertiary/aromatic N) is 3. The van der Waals surface area contributed by atoms with E-state index < -0.39 is 17.2 Å². The van der Waals surface area contributed by atoms with Crippen LogP contribution in [-0.2, 0) is 26.3 Å². The average molecular weight is 489 g/mol. The molecular weight excluding hydrogens is 464 g/mol. The highest BCUT2D eigenvalue weighted by Crippen LogP contribution is 2.39. The fourth-order valence-electron chi connectivity index (χ4n) is 5.32. The van der Waals surface area contributed by atoms with Crippen molar-refractivity contribution in [2.24, 2.45) is 0 Å². The lowest BCUT2D eigenvalue weighted by atomic mass is 9.82. The number of imide groups is 1. The van der Waals surface area contributed by atoms with E-state index in [2.05, 4.69) is 10.3 Å². The Morgan fingerprint density at radius 3 is 2.72 bits per heavy atom. The number of anilines is 1. The third-order valence-electron chi connectivity index (χ3n) is 7.24. The Balaban J connectivity index is 1.36. The van der Waals surface area contributed by atoms with E-state index in [1.165, 1.54) is 7.11 Å². The van der Waals surface area contributed by atoms with Gasteiger partial charge >= 0.3 is 0 Å². The Kier molecular flexibility index (Phi) is 5.06. The molecule has 0 unspecified atom stereocenters. The predicted octanol–water partition coefficient (Wildman–Crippen LogP) is 2.29. The third kappa shape index (κ3) is 3.43. The van der Waals surface area contributed by atoms with Crippen LogP contribution in [0.1, 0.15) is 47.4 Å². The minimum atomic E-state index is -1.39. The van der Waals surface area contributed by atoms with E-state index in [0.29, 0.717) is 47.7 Å². The molecule has 10 heteroatoms. The molecule has 10 nitrogen and oxygen atoms in total. The van der Waals surface area contributed by atoms with Gasteiger partial charge in [-0.3, -0.25) is 29.4 Å². The number of hydrogen-bond donors (Lipinski definition) is 1. The molecule has 1 atom stereocenters. The summed E-state index contributed by atoms with van der Waals surface area (Å²) in [5.74, 6) is 0.196. The molecule has 0 spiro atoms. The van der Waals surface area contributed by atoms with Crippen LogP contribution in [0.3, 0.4) is 0 Å². The molecule has 2 aromatic heterocycles. The van der Waals surface area contributed by atoms with E-state index in [-0.39, 0.29) is 30.5 Å². The first-order valence-electron chi connectivity index (χ1n) is 11.9. The molecule has 36 heavy (non-hydrogen) atoms. The van der Waals surface area contributed by atoms with Gasteiger partial charge in [0.25, 0.3) is 5.91 Å². The number of piperidine rings is 1. The van der Waals surface area contributed by atoms with Gasteiger partial charge in [-0.2, -0.15) is 0 Å². The number of nitrogens with one attached hydrogen (secondary N) is 1. The summed E-state index contributed by atoms with van der Waals surface area (Å²) in [5.41, 5.74) is 0.860. The van der Waals surface area contributed by atoms with Crippen LogP contribution in [0.25, 0.3) is 11.1 Å². The van der Waals surface area contributed by atoms with Gasteiger partial charge in [-0.1, -0.05) is 6.07 Å². The van der Waals surface area contributed by atoms with Crippen molar-refractivity contribution in [3.63, 3.8) is 0 Å². The van der Waals surface area contributed by atoms with Gasteiger partial charge in [0.05, 0.1) is 13.5 Å². The van der Waals surface area contributed by atoms with E-state index in [4.69, 9.17) is 9.15 Å². The molecule has 0 saturated carbocycles. The Bertz CT molecular complexity index is 1450. The first kappa shape index (κ1) is 22.3. The summed E-state index contributed by atoms with van der Waals surface area (Å²) in [6.45, 7) is 0.879. The number of benzene rings is 1. The second-order valence-corrected chi connectivity index (χ2v) is 9.49. The van der Waals surface area contributed by atoms with E-state index in [1.807, 2.05) is 6.07 Å². The van der Waals surface area contributed by atoms with Gasteiger partial charge in [0, 0.05) is 37.7 Å². The minimum absolute atomic E-state index is 0.0257. The molecule has 1 N–H and O–H groups in total. The standard InChI is InChI=1S/C26H24N4O6/c1-35-16-6-5-15-13-29(24(33)17(15)10-16)14-26(12-22(31)28-25(26)34)20-11-18-19(36-20)7-8-21(27-18)30-9-3-2-4-23(30)32/h5-8,10-11H,2-4,9,12-14H2,1H3,(H,28,31,34)/t26-/m1/s1. The average Bonchev–Trinajstić information content (AvgIpc) is 3.52. The predicted molar refractivity (Wildman–Crippen MR) is 127 cm³/mol. The lowest BCUT2D eigenvalue weighted by Crippen LogP contribution is -2.46. The van der Waals surface area contributed by atoms with Crippen molar-refractivity contribution >= 4 is 40.5 Å². The molecular formula is C26H24N4O6. The zero-order chi connectivity index (χ0) is 25.0. The summed E-state index contributed by atoms with van der Waals surface area (Å²) < 4.78 is 11.3. The van der Waals surface area contributed by atoms with Crippen molar-refractivity contribution in [3.8, 4) is 5.75 Å². The van der Waals surface area contributed by atoms with Gasteiger partial charge in [0.2, 0.25) is 17.7 Å². The molecule has 5 heterocycles. The summed E-state index contributed by atoms with van der Waals surface area (Å²) in [4.78, 5) is 58.9. The van der Waals surface area contributed by atoms with Crippen LogP contribution >= 0.6 is 0 Å². The molecule has 3 aliphatic heterocycles. The highest BCUT2D eigenvalue weighted by molar-refractivity contribution is 6.10. The highest BCUT2D eigenvalue weighted by atomic mass is 16.5. The van der Waals surface area contributed by atoms with Crippen LogP contribution in [-0.4, -0.2) is 53.7 Å². The molecule has 6 rings (SSSR count). The van der Waals surface area contributed by atoms with E-state index in [1.54, 1.807) is 40.1 Å². The Morgan fingerprint density at radius 1 is 1.11 bits per heavy atom. The first-order valence-corrected chi connectivity index (χ1v) is 11.9. The lowest BCUT2D eigenvalue weighted by molar-refractivity contribution is -0.127. The van der Waals surface area contributed by atoms with Crippen LogP contribution < -0.4 is 15.0 Å². The maximum absolute atomic E-state index is 13.2. The van der Waals surface area contributed by atoms with Gasteiger partial charge in [0.15, 0.2) is 5.58 Å². The van der Waals surface area contributed by atoms with Crippen molar-refractivity contribution < 1.29 is 28.3 Å². The molecule has 3 aliphatic rings. The molecule has 2 saturated heterocycles. The lowest BCUT2D eigenvalue weighted by Gasteiger charge is -2.28. The number of rotatable bonds is 5. The van der Waals surface area contributed by atoms with Crippen LogP contribution in [0.15, 0.2) is 40.8 Å². The normalized spacial score (nSPS) is 21.9. The van der Waals surface area contributed by atoms with Crippen molar-refractivity contribution in [1.82, 2.24) is 15.2 Å². The number of furan rings is 1. The van der Waals surface area contributed by atoms with E-state index in [0.717, 1.165) is 18.4 Å². The second kappa shape index (κ2) is 8.18. The molecule has 3 aromatic rings. The number of fused-ring (bicyclic) bond motifs is 2. The largest absolute Gasteiger partial charge is 0.497 e. The fraction of sp³-hybridized carbons (Fsp3) is 0.346. The number of ether oxygens (including phenoxy) is 1. The monoisotopic (exact) mass is 488 g/mol. The van der Waals surface area contributed by atoms with Crippen LogP contribution in [0.5, 0.6) is 5.75 Å². The third-order valence-corrected chi connectivity index (χ3v) is 7.24. The molecule has 0 radical (unpaired) electrons. The summed E-state index contributed by atoms with van der Waals surface area (Å²) in [6, 6.07) is 10.4. The topological polar surface area (TPSA) is 122 Å².